The first-order valence-corrected chi connectivity index (χ1v) is 7.15. The van der Waals surface area contributed by atoms with Crippen LogP contribution >= 0.6 is 0 Å². The fourth-order valence-corrected chi connectivity index (χ4v) is 1.77. The Kier molecular flexibility index (Phi) is 7.01. The third-order valence-electron chi connectivity index (χ3n) is 2.86. The van der Waals surface area contributed by atoms with E-state index in [1.807, 2.05) is 6.07 Å². The highest BCUT2D eigenvalue weighted by molar-refractivity contribution is 5.48. The van der Waals surface area contributed by atoms with Gasteiger partial charge < -0.3 is 10.1 Å². The molecule has 0 fully saturated rings. The van der Waals surface area contributed by atoms with E-state index < -0.39 is 0 Å². The van der Waals surface area contributed by atoms with E-state index in [0.717, 1.165) is 24.9 Å². The molecule has 0 aromatic heterocycles. The molecule has 0 aliphatic rings. The summed E-state index contributed by atoms with van der Waals surface area (Å²) in [7, 11) is 0. The summed E-state index contributed by atoms with van der Waals surface area (Å²) in [6.45, 7) is 8.35. The lowest BCUT2D eigenvalue weighted by atomic mass is 10.1. The van der Waals surface area contributed by atoms with E-state index >= 15 is 0 Å². The zero-order chi connectivity index (χ0) is 15.0. The Labute approximate surface area is 120 Å². The number of nitrogens with one attached hydrogen (secondary N) is 1. The monoisotopic (exact) mass is 280 g/mol. The minimum atomic E-state index is -0.382. The van der Waals surface area contributed by atoms with Crippen LogP contribution in [0.2, 0.25) is 0 Å². The lowest BCUT2D eigenvalue weighted by Gasteiger charge is -2.10. The average Bonchev–Trinajstić information content (AvgIpc) is 2.39. The second kappa shape index (κ2) is 8.53. The predicted molar refractivity (Wildman–Crippen MR) is 80.0 cm³/mol. The van der Waals surface area contributed by atoms with Gasteiger partial charge >= 0.3 is 5.69 Å². The summed E-state index contributed by atoms with van der Waals surface area (Å²) in [4.78, 5) is 10.7. The number of nitro benzene ring substituents is 1. The van der Waals surface area contributed by atoms with E-state index in [0.29, 0.717) is 24.8 Å². The molecule has 20 heavy (non-hydrogen) atoms. The van der Waals surface area contributed by atoms with Crippen LogP contribution in [0.4, 0.5) is 5.69 Å². The standard InChI is InChI=1S/C15H24N2O3/c1-4-5-8-20-15-7-6-13(9-14(15)17(18)19)11-16-10-12(2)3/h6-7,9,12,16H,4-5,8,10-11H2,1-3H3. The van der Waals surface area contributed by atoms with Crippen LogP contribution in [-0.4, -0.2) is 18.1 Å². The van der Waals surface area contributed by atoms with Crippen LogP contribution < -0.4 is 10.1 Å². The predicted octanol–water partition coefficient (Wildman–Crippen LogP) is 3.52. The normalized spacial score (nSPS) is 10.8. The van der Waals surface area contributed by atoms with E-state index in [2.05, 4.69) is 26.1 Å². The van der Waals surface area contributed by atoms with Gasteiger partial charge in [-0.3, -0.25) is 10.1 Å². The molecule has 0 unspecified atom stereocenters. The number of nitro groups is 1. The third-order valence-corrected chi connectivity index (χ3v) is 2.86. The number of unbranched alkanes of at least 4 members (excludes halogenated alkanes) is 1. The van der Waals surface area contributed by atoms with E-state index in [1.54, 1.807) is 12.1 Å². The van der Waals surface area contributed by atoms with Crippen molar-refractivity contribution >= 4 is 5.69 Å². The molecule has 1 aromatic rings. The third kappa shape index (κ3) is 5.57. The highest BCUT2D eigenvalue weighted by atomic mass is 16.6. The molecule has 5 nitrogen and oxygen atoms in total. The molecule has 0 spiro atoms. The molecule has 0 radical (unpaired) electrons. The topological polar surface area (TPSA) is 64.4 Å². The van der Waals surface area contributed by atoms with Gasteiger partial charge in [0.2, 0.25) is 0 Å². The molecule has 0 aliphatic carbocycles. The van der Waals surface area contributed by atoms with Crippen LogP contribution in [0.1, 0.15) is 39.2 Å². The highest BCUT2D eigenvalue weighted by Gasteiger charge is 2.15. The lowest BCUT2D eigenvalue weighted by molar-refractivity contribution is -0.385. The van der Waals surface area contributed by atoms with Crippen molar-refractivity contribution < 1.29 is 9.66 Å². The van der Waals surface area contributed by atoms with Crippen molar-refractivity contribution in [2.75, 3.05) is 13.2 Å². The van der Waals surface area contributed by atoms with E-state index in [9.17, 15) is 10.1 Å². The Morgan fingerprint density at radius 2 is 2.15 bits per heavy atom. The van der Waals surface area contributed by atoms with Crippen LogP contribution in [0.5, 0.6) is 5.75 Å². The van der Waals surface area contributed by atoms with E-state index in [1.165, 1.54) is 0 Å². The molecule has 0 bridgehead atoms. The van der Waals surface area contributed by atoms with Crippen molar-refractivity contribution in [2.24, 2.45) is 5.92 Å². The van der Waals surface area contributed by atoms with Gasteiger partial charge in [0.1, 0.15) is 0 Å². The van der Waals surface area contributed by atoms with Gasteiger partial charge in [-0.2, -0.15) is 0 Å². The van der Waals surface area contributed by atoms with Crippen molar-refractivity contribution in [1.29, 1.82) is 0 Å². The molecule has 1 N–H and O–H groups in total. The first-order valence-electron chi connectivity index (χ1n) is 7.15. The van der Waals surface area contributed by atoms with Gasteiger partial charge in [0.15, 0.2) is 5.75 Å². The highest BCUT2D eigenvalue weighted by Crippen LogP contribution is 2.28. The Bertz CT molecular complexity index is 433. The van der Waals surface area contributed by atoms with Crippen molar-refractivity contribution in [3.8, 4) is 5.75 Å². The molecule has 0 saturated carbocycles. The maximum Gasteiger partial charge on any atom is 0.311 e. The summed E-state index contributed by atoms with van der Waals surface area (Å²) in [5, 5.41) is 14.4. The molecule has 0 amide bonds. The smallest absolute Gasteiger partial charge is 0.311 e. The van der Waals surface area contributed by atoms with Crippen molar-refractivity contribution in [1.82, 2.24) is 5.32 Å². The van der Waals surface area contributed by atoms with E-state index in [4.69, 9.17) is 4.74 Å². The Morgan fingerprint density at radius 3 is 2.75 bits per heavy atom. The number of nitrogens with zero attached hydrogens (tertiary/aromatic N) is 1. The first kappa shape index (κ1) is 16.4. The van der Waals surface area contributed by atoms with Crippen LogP contribution in [-0.2, 0) is 6.54 Å². The summed E-state index contributed by atoms with van der Waals surface area (Å²) in [5.41, 5.74) is 0.949. The maximum absolute atomic E-state index is 11.1. The van der Waals surface area contributed by atoms with Gasteiger partial charge in [-0.1, -0.05) is 33.3 Å². The van der Waals surface area contributed by atoms with Crippen molar-refractivity contribution in [3.63, 3.8) is 0 Å². The number of rotatable bonds is 9. The van der Waals surface area contributed by atoms with Gasteiger partial charge in [-0.25, -0.2) is 0 Å². The fraction of sp³-hybridized carbons (Fsp3) is 0.600. The first-order chi connectivity index (χ1) is 9.54. The summed E-state index contributed by atoms with van der Waals surface area (Å²) in [5.74, 6) is 0.915. The molecule has 1 rings (SSSR count). The molecular weight excluding hydrogens is 256 g/mol. The summed E-state index contributed by atoms with van der Waals surface area (Å²) in [6.07, 6.45) is 1.90. The van der Waals surface area contributed by atoms with Gasteiger partial charge in [0.05, 0.1) is 11.5 Å². The minimum absolute atomic E-state index is 0.0463. The molecule has 5 heteroatoms. The SMILES string of the molecule is CCCCOc1ccc(CNCC(C)C)cc1[N+](=O)[O-]. The minimum Gasteiger partial charge on any atom is -0.487 e. The summed E-state index contributed by atoms with van der Waals surface area (Å²) < 4.78 is 5.47. The Morgan fingerprint density at radius 1 is 1.40 bits per heavy atom. The number of hydrogen-bond donors (Lipinski definition) is 1. The summed E-state index contributed by atoms with van der Waals surface area (Å²) >= 11 is 0. The van der Waals surface area contributed by atoms with Crippen LogP contribution in [0.25, 0.3) is 0 Å². The molecule has 0 atom stereocenters. The molecule has 0 heterocycles. The average molecular weight is 280 g/mol. The molecule has 0 aliphatic heterocycles. The van der Waals surface area contributed by atoms with Crippen molar-refractivity contribution in [2.45, 2.75) is 40.2 Å². The second-order valence-corrected chi connectivity index (χ2v) is 5.29. The van der Waals surface area contributed by atoms with Gasteiger partial charge in [-0.05, 0) is 30.5 Å². The lowest BCUT2D eigenvalue weighted by Crippen LogP contribution is -2.19. The number of hydrogen-bond acceptors (Lipinski definition) is 4. The molecule has 0 saturated heterocycles. The maximum atomic E-state index is 11.1. The molecule has 1 aromatic carbocycles. The molecule has 112 valence electrons. The van der Waals surface area contributed by atoms with Crippen LogP contribution in [0.3, 0.4) is 0 Å². The van der Waals surface area contributed by atoms with Gasteiger partial charge in [-0.15, -0.1) is 0 Å². The zero-order valence-corrected chi connectivity index (χ0v) is 12.5. The Hall–Kier alpha value is -1.62. The van der Waals surface area contributed by atoms with Gasteiger partial charge in [0.25, 0.3) is 0 Å². The van der Waals surface area contributed by atoms with Gasteiger partial charge in [0, 0.05) is 12.6 Å². The summed E-state index contributed by atoms with van der Waals surface area (Å²) in [6, 6.07) is 5.16. The largest absolute Gasteiger partial charge is 0.487 e. The van der Waals surface area contributed by atoms with Crippen LogP contribution in [0.15, 0.2) is 18.2 Å². The quantitative estimate of drug-likeness (QED) is 0.427. The number of benzene rings is 1. The molecular formula is C15H24N2O3. The fourth-order valence-electron chi connectivity index (χ4n) is 1.77. The van der Waals surface area contributed by atoms with E-state index in [-0.39, 0.29) is 10.6 Å². The van der Waals surface area contributed by atoms with Crippen molar-refractivity contribution in [3.05, 3.63) is 33.9 Å². The number of ether oxygens (including phenoxy) is 1. The Balaban J connectivity index is 2.71. The second-order valence-electron chi connectivity index (χ2n) is 5.29. The van der Waals surface area contributed by atoms with Crippen LogP contribution in [0, 0.1) is 16.0 Å². The zero-order valence-electron chi connectivity index (χ0n) is 12.5.